The number of methoxy groups -OCH3 is 1. The van der Waals surface area contributed by atoms with Crippen molar-refractivity contribution < 1.29 is 19.1 Å². The van der Waals surface area contributed by atoms with Crippen molar-refractivity contribution in [1.29, 1.82) is 0 Å². The molecule has 0 aliphatic carbocycles. The average molecular weight is 481 g/mol. The number of nitrogens with one attached hydrogen (secondary N) is 1. The second-order valence-electron chi connectivity index (χ2n) is 7.72. The SMILES string of the molecule is COc1ccc(OCCCC(=O)N(Cc2ccc(Cl)cc2Cl)[C@H](C)C(=O)NC(C)C)cc1. The predicted molar refractivity (Wildman–Crippen MR) is 127 cm³/mol. The summed E-state index contributed by atoms with van der Waals surface area (Å²) < 4.78 is 10.8. The Bertz CT molecular complexity index is 903. The third kappa shape index (κ3) is 7.92. The first-order valence-electron chi connectivity index (χ1n) is 10.5. The predicted octanol–water partition coefficient (Wildman–Crippen LogP) is 5.10. The smallest absolute Gasteiger partial charge is 0.242 e. The van der Waals surface area contributed by atoms with Crippen LogP contribution in [0.3, 0.4) is 0 Å². The fourth-order valence-electron chi connectivity index (χ4n) is 3.05. The van der Waals surface area contributed by atoms with Gasteiger partial charge in [0.05, 0.1) is 13.7 Å². The van der Waals surface area contributed by atoms with Crippen LogP contribution in [0.2, 0.25) is 10.0 Å². The van der Waals surface area contributed by atoms with E-state index in [9.17, 15) is 9.59 Å². The van der Waals surface area contributed by atoms with Gasteiger partial charge in [0.1, 0.15) is 17.5 Å². The molecule has 0 heterocycles. The summed E-state index contributed by atoms with van der Waals surface area (Å²) in [6.45, 7) is 6.06. The highest BCUT2D eigenvalue weighted by Crippen LogP contribution is 2.24. The zero-order valence-corrected chi connectivity index (χ0v) is 20.4. The van der Waals surface area contributed by atoms with Crippen molar-refractivity contribution in [3.8, 4) is 11.5 Å². The molecule has 0 unspecified atom stereocenters. The van der Waals surface area contributed by atoms with Gasteiger partial charge in [0, 0.05) is 29.1 Å². The van der Waals surface area contributed by atoms with Crippen LogP contribution in [-0.2, 0) is 16.1 Å². The van der Waals surface area contributed by atoms with E-state index >= 15 is 0 Å². The molecule has 0 spiro atoms. The van der Waals surface area contributed by atoms with Gasteiger partial charge in [0.15, 0.2) is 0 Å². The minimum Gasteiger partial charge on any atom is -0.497 e. The third-order valence-electron chi connectivity index (χ3n) is 4.82. The molecule has 0 saturated heterocycles. The highest BCUT2D eigenvalue weighted by atomic mass is 35.5. The average Bonchev–Trinajstić information content (AvgIpc) is 2.75. The van der Waals surface area contributed by atoms with Crippen LogP contribution >= 0.6 is 23.2 Å². The van der Waals surface area contributed by atoms with Gasteiger partial charge < -0.3 is 19.7 Å². The van der Waals surface area contributed by atoms with Gasteiger partial charge in [-0.05, 0) is 69.2 Å². The first-order chi connectivity index (χ1) is 15.2. The van der Waals surface area contributed by atoms with Crippen LogP contribution in [0.5, 0.6) is 11.5 Å². The molecule has 6 nitrogen and oxygen atoms in total. The standard InChI is InChI=1S/C24H30Cl2N2O4/c1-16(2)27-24(30)17(3)28(15-18-7-8-19(25)14-22(18)26)23(29)6-5-13-32-21-11-9-20(31-4)10-12-21/h7-12,14,16-17H,5-6,13,15H2,1-4H3,(H,27,30)/t17-/m1/s1. The van der Waals surface area contributed by atoms with Crippen molar-refractivity contribution in [2.75, 3.05) is 13.7 Å². The normalized spacial score (nSPS) is 11.7. The summed E-state index contributed by atoms with van der Waals surface area (Å²) in [4.78, 5) is 27.2. The first-order valence-corrected chi connectivity index (χ1v) is 11.3. The van der Waals surface area contributed by atoms with Crippen molar-refractivity contribution in [2.24, 2.45) is 0 Å². The molecule has 1 atom stereocenters. The van der Waals surface area contributed by atoms with Gasteiger partial charge in [-0.15, -0.1) is 0 Å². The number of hydrogen-bond acceptors (Lipinski definition) is 4. The van der Waals surface area contributed by atoms with Gasteiger partial charge in [-0.3, -0.25) is 9.59 Å². The zero-order chi connectivity index (χ0) is 23.7. The maximum atomic E-state index is 13.1. The lowest BCUT2D eigenvalue weighted by Crippen LogP contribution is -2.49. The summed E-state index contributed by atoms with van der Waals surface area (Å²) in [6.07, 6.45) is 0.745. The molecule has 8 heteroatoms. The summed E-state index contributed by atoms with van der Waals surface area (Å²) in [7, 11) is 1.60. The molecule has 0 aliphatic rings. The van der Waals surface area contributed by atoms with E-state index in [1.54, 1.807) is 37.1 Å². The maximum Gasteiger partial charge on any atom is 0.242 e. The van der Waals surface area contributed by atoms with Crippen LogP contribution < -0.4 is 14.8 Å². The molecule has 0 aliphatic heterocycles. The molecule has 0 fully saturated rings. The lowest BCUT2D eigenvalue weighted by Gasteiger charge is -2.29. The number of benzene rings is 2. The molecule has 0 aromatic heterocycles. The fourth-order valence-corrected chi connectivity index (χ4v) is 3.52. The monoisotopic (exact) mass is 480 g/mol. The van der Waals surface area contributed by atoms with Crippen LogP contribution in [0.15, 0.2) is 42.5 Å². The van der Waals surface area contributed by atoms with Crippen molar-refractivity contribution in [2.45, 2.75) is 52.2 Å². The van der Waals surface area contributed by atoms with Crippen molar-refractivity contribution in [1.82, 2.24) is 10.2 Å². The molecule has 2 amide bonds. The second-order valence-corrected chi connectivity index (χ2v) is 8.57. The van der Waals surface area contributed by atoms with Gasteiger partial charge >= 0.3 is 0 Å². The topological polar surface area (TPSA) is 67.9 Å². The van der Waals surface area contributed by atoms with E-state index in [0.717, 1.165) is 11.3 Å². The minimum atomic E-state index is -0.654. The first kappa shape index (κ1) is 25.8. The highest BCUT2D eigenvalue weighted by molar-refractivity contribution is 6.35. The number of nitrogens with zero attached hydrogens (tertiary/aromatic N) is 1. The van der Waals surface area contributed by atoms with Crippen LogP contribution in [0.25, 0.3) is 0 Å². The summed E-state index contributed by atoms with van der Waals surface area (Å²) in [5.74, 6) is 1.08. The van der Waals surface area contributed by atoms with E-state index in [1.165, 1.54) is 0 Å². The van der Waals surface area contributed by atoms with E-state index in [0.29, 0.717) is 28.8 Å². The van der Waals surface area contributed by atoms with Crippen LogP contribution in [-0.4, -0.2) is 42.5 Å². The quantitative estimate of drug-likeness (QED) is 0.454. The maximum absolute atomic E-state index is 13.1. The molecule has 32 heavy (non-hydrogen) atoms. The largest absolute Gasteiger partial charge is 0.497 e. The summed E-state index contributed by atoms with van der Waals surface area (Å²) in [5.41, 5.74) is 0.725. The molecule has 2 aromatic carbocycles. The van der Waals surface area contributed by atoms with Gasteiger partial charge in [0.2, 0.25) is 11.8 Å². The van der Waals surface area contributed by atoms with Gasteiger partial charge in [-0.1, -0.05) is 29.3 Å². The molecule has 0 bridgehead atoms. The van der Waals surface area contributed by atoms with E-state index in [4.69, 9.17) is 32.7 Å². The number of hydrogen-bond donors (Lipinski definition) is 1. The Morgan fingerprint density at radius 2 is 1.69 bits per heavy atom. The van der Waals surface area contributed by atoms with E-state index in [2.05, 4.69) is 5.32 Å². The Kier molecular flexibility index (Phi) is 10.1. The highest BCUT2D eigenvalue weighted by Gasteiger charge is 2.26. The van der Waals surface area contributed by atoms with Crippen molar-refractivity contribution in [3.63, 3.8) is 0 Å². The molecule has 174 valence electrons. The molecule has 2 rings (SSSR count). The number of carbonyl (C=O) groups is 2. The Labute approximate surface area is 199 Å². The van der Waals surface area contributed by atoms with Gasteiger partial charge in [0.25, 0.3) is 0 Å². The summed E-state index contributed by atoms with van der Waals surface area (Å²) in [6, 6.07) is 11.7. The minimum absolute atomic E-state index is 0.0288. The second kappa shape index (κ2) is 12.6. The van der Waals surface area contributed by atoms with Crippen molar-refractivity contribution in [3.05, 3.63) is 58.1 Å². The number of amides is 2. The van der Waals surface area contributed by atoms with Crippen LogP contribution in [0, 0.1) is 0 Å². The number of halogens is 2. The Balaban J connectivity index is 2.02. The Hall–Kier alpha value is -2.44. The fraction of sp³-hybridized carbons (Fsp3) is 0.417. The molecule has 2 aromatic rings. The van der Waals surface area contributed by atoms with E-state index in [1.807, 2.05) is 38.1 Å². The zero-order valence-electron chi connectivity index (χ0n) is 18.9. The van der Waals surface area contributed by atoms with Crippen LogP contribution in [0.1, 0.15) is 39.2 Å². The Morgan fingerprint density at radius 1 is 1.03 bits per heavy atom. The number of carbonyl (C=O) groups excluding carboxylic acids is 2. The molecular weight excluding hydrogens is 451 g/mol. The van der Waals surface area contributed by atoms with E-state index < -0.39 is 6.04 Å². The third-order valence-corrected chi connectivity index (χ3v) is 5.40. The summed E-state index contributed by atoms with van der Waals surface area (Å²) in [5, 5.41) is 3.83. The molecule has 0 saturated carbocycles. The lowest BCUT2D eigenvalue weighted by atomic mass is 10.1. The molecule has 1 N–H and O–H groups in total. The lowest BCUT2D eigenvalue weighted by molar-refractivity contribution is -0.141. The summed E-state index contributed by atoms with van der Waals surface area (Å²) >= 11 is 12.3. The van der Waals surface area contributed by atoms with E-state index in [-0.39, 0.29) is 30.8 Å². The van der Waals surface area contributed by atoms with Crippen LogP contribution in [0.4, 0.5) is 0 Å². The molecule has 0 radical (unpaired) electrons. The van der Waals surface area contributed by atoms with Gasteiger partial charge in [-0.25, -0.2) is 0 Å². The molecular formula is C24H30Cl2N2O4. The van der Waals surface area contributed by atoms with Gasteiger partial charge in [-0.2, -0.15) is 0 Å². The number of ether oxygens (including phenoxy) is 2. The number of rotatable bonds is 11. The van der Waals surface area contributed by atoms with Crippen molar-refractivity contribution >= 4 is 35.0 Å². The Morgan fingerprint density at radius 3 is 2.28 bits per heavy atom.